The number of aliphatic hydroxyl groups excluding tert-OH is 1. The SMILES string of the molecule is CCCCCCCC[C@H]1O[C@@H](n2cnc3c(N)ncnc32)C[C@H]1OP(=O)(S)OC[C@H]1O[C@@H](n2cnc3c(=O)[nH]c(N)nc32)C[C@H]1OP(=O)(S)OC[C@H]1O[C@@H](n2cnc3c(=O)[nH]c(N)nc32)[C@@H](OCCOC)C1OP(=O)(O)OC[C@H]1O[C@@H](n2cc(C)c(=O)[nH]c2=O)[C@@H](OCCOC)C1OP(=O)(S)OC[C@H]1O[C@@H](n2cc(C)c(N)nc2=O)[C@@H](OCCOC)C1OP(=O)(S)OC[C@H]1O[C@@H](n2cc(C)c(=O)[nH]c2=O)[C@@H](OCCOC)C1O. The van der Waals surface area contributed by atoms with E-state index in [0.29, 0.717) is 24.0 Å². The first-order valence-corrected chi connectivity index (χ1v) is 58.5. The van der Waals surface area contributed by atoms with Gasteiger partial charge in [0.2, 0.25) is 11.9 Å². The third kappa shape index (κ3) is 27.4. The molecule has 818 valence electrons. The molecule has 15 heterocycles. The number of anilines is 4. The average Bonchev–Trinajstić information content (AvgIpc) is 1.60. The number of aryl methyl sites for hydroxylation is 3. The first-order valence-electron chi connectivity index (χ1n) is 46.2. The molecule has 0 saturated carbocycles. The lowest BCUT2D eigenvalue weighted by Gasteiger charge is -2.29. The lowest BCUT2D eigenvalue weighted by atomic mass is 10.0. The van der Waals surface area contributed by atoms with Crippen LogP contribution in [0.25, 0.3) is 33.5 Å². The Morgan fingerprint density at radius 1 is 0.399 bits per heavy atom. The highest BCUT2D eigenvalue weighted by Crippen LogP contribution is 2.63. The number of thiol groups is 4. The number of nitrogens with two attached hydrogens (primary N) is 4. The van der Waals surface area contributed by atoms with Crippen LogP contribution in [-0.4, -0.2) is 309 Å². The third-order valence-electron chi connectivity index (χ3n) is 24.5. The second-order valence-electron chi connectivity index (χ2n) is 34.8. The molecular formula is C79H115N22O38P5S4. The molecule has 9 aromatic heterocycles. The summed E-state index contributed by atoms with van der Waals surface area (Å²) in [5.41, 5.74) is 18.2. The molecule has 6 aliphatic rings. The molecule has 0 radical (unpaired) electrons. The molecule has 0 amide bonds. The number of nitrogen functional groups attached to an aromatic ring is 4. The number of aromatic amines is 4. The minimum absolute atomic E-state index is 0.00852. The number of hydrogen-bond donors (Lipinski definition) is 14. The predicted molar refractivity (Wildman–Crippen MR) is 528 cm³/mol. The number of aliphatic hydroxyl groups is 1. The molecule has 69 heteroatoms. The smallest absolute Gasteiger partial charge is 0.387 e. The van der Waals surface area contributed by atoms with Gasteiger partial charge in [-0.25, -0.2) is 62.1 Å². The van der Waals surface area contributed by atoms with Crippen molar-refractivity contribution in [3.63, 3.8) is 0 Å². The lowest BCUT2D eigenvalue weighted by Crippen LogP contribution is -2.41. The first-order chi connectivity index (χ1) is 70.5. The molecule has 15 rings (SSSR count). The fourth-order valence-electron chi connectivity index (χ4n) is 17.4. The number of fused-ring (bicyclic) bond motifs is 3. The van der Waals surface area contributed by atoms with Crippen molar-refractivity contribution in [3.05, 3.63) is 133 Å². The van der Waals surface area contributed by atoms with Crippen LogP contribution in [0.1, 0.15) is 119 Å². The predicted octanol–water partition coefficient (Wildman–Crippen LogP) is 3.37. The van der Waals surface area contributed by atoms with E-state index in [1.807, 2.05) is 0 Å². The van der Waals surface area contributed by atoms with E-state index < -0.39 is 255 Å². The average molecular weight is 2260 g/mol. The highest BCUT2D eigenvalue weighted by atomic mass is 32.7. The van der Waals surface area contributed by atoms with Gasteiger partial charge in [0.05, 0.1) is 117 Å². The number of H-pyrrole nitrogens is 4. The van der Waals surface area contributed by atoms with Crippen molar-refractivity contribution in [3.8, 4) is 0 Å². The molecule has 6 aliphatic heterocycles. The zero-order valence-corrected chi connectivity index (χ0v) is 88.5. The maximum atomic E-state index is 15.6. The summed E-state index contributed by atoms with van der Waals surface area (Å²) >= 11 is 17.7. The number of phosphoric acid groups is 1. The number of aromatic nitrogens is 18. The van der Waals surface area contributed by atoms with Crippen molar-refractivity contribution in [1.29, 1.82) is 0 Å². The fourth-order valence-corrected chi connectivity index (χ4v) is 24.4. The minimum atomic E-state index is -5.91. The van der Waals surface area contributed by atoms with Crippen molar-refractivity contribution in [2.24, 2.45) is 0 Å². The van der Waals surface area contributed by atoms with Gasteiger partial charge in [-0.2, -0.15) is 15.0 Å². The molecule has 9 aromatic rings. The van der Waals surface area contributed by atoms with Crippen molar-refractivity contribution >= 4 is 141 Å². The largest absolute Gasteiger partial charge is 0.472 e. The van der Waals surface area contributed by atoms with Gasteiger partial charge >= 0.3 is 52.1 Å². The van der Waals surface area contributed by atoms with E-state index in [-0.39, 0.29) is 116 Å². The molecule has 0 bridgehead atoms. The van der Waals surface area contributed by atoms with Crippen LogP contribution in [0.2, 0.25) is 0 Å². The summed E-state index contributed by atoms with van der Waals surface area (Å²) in [5, 5.41) is 11.8. The van der Waals surface area contributed by atoms with Crippen molar-refractivity contribution in [2.45, 2.75) is 221 Å². The van der Waals surface area contributed by atoms with Crippen LogP contribution in [0.4, 0.5) is 23.5 Å². The van der Waals surface area contributed by atoms with Crippen molar-refractivity contribution < 1.29 is 144 Å². The summed E-state index contributed by atoms with van der Waals surface area (Å²) in [6.45, 7) is -20.0. The van der Waals surface area contributed by atoms with Crippen LogP contribution < -0.4 is 62.2 Å². The number of phosphoric ester groups is 1. The van der Waals surface area contributed by atoms with Crippen LogP contribution in [0, 0.1) is 20.8 Å². The molecule has 0 aliphatic carbocycles. The number of rotatable bonds is 54. The van der Waals surface area contributed by atoms with Gasteiger partial charge in [-0.05, 0) is 27.2 Å². The molecule has 27 atom stereocenters. The molecular weight excluding hydrogens is 2150 g/mol. The fraction of sp³-hybridized carbons (Fsp3) is 0.658. The van der Waals surface area contributed by atoms with E-state index >= 15 is 18.3 Å². The Labute approximate surface area is 859 Å². The Bertz CT molecular complexity index is 6850. The van der Waals surface area contributed by atoms with E-state index in [4.69, 9.17) is 134 Å². The van der Waals surface area contributed by atoms with Gasteiger partial charge in [-0.1, -0.05) is 94.4 Å². The molecule has 14 N–H and O–H groups in total. The summed E-state index contributed by atoms with van der Waals surface area (Å²) in [6, 6.07) is 0. The Morgan fingerprint density at radius 3 is 1.30 bits per heavy atom. The van der Waals surface area contributed by atoms with Gasteiger partial charge in [0.15, 0.2) is 58.7 Å². The van der Waals surface area contributed by atoms with Crippen LogP contribution in [0.5, 0.6) is 0 Å². The molecule has 0 spiro atoms. The summed E-state index contributed by atoms with van der Waals surface area (Å²) in [5.74, 6) is -0.788. The number of hydrogen-bond acceptors (Lipinski definition) is 49. The van der Waals surface area contributed by atoms with E-state index in [9.17, 15) is 48.1 Å². The number of ether oxygens (including phenoxy) is 14. The van der Waals surface area contributed by atoms with E-state index in [1.54, 1.807) is 4.57 Å². The Balaban J connectivity index is 0.707. The third-order valence-corrected chi connectivity index (χ3v) is 32.0. The quantitative estimate of drug-likeness (QED) is 0.0148. The van der Waals surface area contributed by atoms with Crippen molar-refractivity contribution in [1.82, 2.24) is 87.2 Å². The van der Waals surface area contributed by atoms with Crippen LogP contribution in [0.15, 0.2) is 77.5 Å². The van der Waals surface area contributed by atoms with Crippen LogP contribution >= 0.6 is 84.0 Å². The highest BCUT2D eigenvalue weighted by molar-refractivity contribution is 8.45. The Hall–Kier alpha value is -7.80. The number of imidazole rings is 3. The van der Waals surface area contributed by atoms with E-state index in [2.05, 4.69) is 116 Å². The summed E-state index contributed by atoms with van der Waals surface area (Å²) in [4.78, 5) is 149. The van der Waals surface area contributed by atoms with Gasteiger partial charge in [-0.3, -0.25) is 112 Å². The van der Waals surface area contributed by atoms with Crippen LogP contribution in [0.3, 0.4) is 0 Å². The standard InChI is InChI=1S/C79H115N22O38P5S4/c1-9-10-11-12-13-14-15-41-42(24-49(129-41)99-35-86-51-63(81)84-34-85-64(51)99)135-141(112,145)125-29-44-43(25-50(130-44)100-36-87-52-65(100)90-75(82)92-69(52)105)136-142(113,146)127-32-47-55(59(121-21-17-117-6)74(134-47)101-37-88-53-66(101)91-76(83)93-70(53)106)137-140(110,111)124-31-46-56(60(122-22-18-118-7)73(132-46)98-28-40(4)68(104)95-79(98)109)138-144(115,148)128-33-48-57(61(123-23-19-119-8)72(133-48)96-26-38(2)62(80)89-77(96)107)139-143(114,147)126-30-45-54(102)58(120-20-16-116-5)71(131-45)97-27-39(3)67(103)94-78(97)108/h26-28,34-37,41-50,54-61,71-74,102H,9-25,29-33H2,1-8H3,(H,110,111)(H,112,145)(H,113,146)(H,114,147)(H,115,148)(H2,80,89,107)(H2,81,84,85)(H,94,103,108)(H,95,104,109)(H3,82,90,92,105)(H3,83,91,93,106)/t41-,42-,43-,44-,45-,46-,47-,48-,49-,50-,54?,55?,56?,57?,58+,59+,60+,61+,71-,72-,73-,74-,141?,142?,143?,144?/m1/s1. The number of nitrogens with one attached hydrogen (secondary N) is 4. The molecule has 0 aromatic carbocycles. The molecule has 9 unspecified atom stereocenters. The van der Waals surface area contributed by atoms with Gasteiger partial charge < -0.3 is 99.3 Å². The first kappa shape index (κ1) is 114. The van der Waals surface area contributed by atoms with E-state index in [0.717, 1.165) is 62.9 Å². The highest BCUT2D eigenvalue weighted by Gasteiger charge is 2.58. The summed E-state index contributed by atoms with van der Waals surface area (Å²) < 4.78 is 229. The summed E-state index contributed by atoms with van der Waals surface area (Å²) in [7, 11) is -0.566. The van der Waals surface area contributed by atoms with E-state index in [1.165, 1.54) is 85.2 Å². The van der Waals surface area contributed by atoms with Gasteiger partial charge in [0.1, 0.15) is 116 Å². The monoisotopic (exact) mass is 2260 g/mol. The zero-order valence-electron chi connectivity index (χ0n) is 80.5. The minimum Gasteiger partial charge on any atom is -0.387 e. The Kier molecular flexibility index (Phi) is 38.4. The number of nitrogens with zero attached hydrogens (tertiary/aromatic N) is 14. The number of unbranched alkanes of at least 4 members (excludes halogenated alkanes) is 5. The molecule has 6 saturated heterocycles. The normalized spacial score (nSPS) is 28.4. The second-order valence-corrected chi connectivity index (χ2v) is 47.7. The topological polar surface area (TPSA) is 767 Å². The zero-order chi connectivity index (χ0) is 106. The maximum Gasteiger partial charge on any atom is 0.472 e. The van der Waals surface area contributed by atoms with Crippen LogP contribution in [-0.2, 0) is 134 Å². The molecule has 6 fully saturated rings. The molecule has 60 nitrogen and oxygen atoms in total. The molecule has 148 heavy (non-hydrogen) atoms. The number of methoxy groups -OCH3 is 4. The lowest BCUT2D eigenvalue weighted by molar-refractivity contribution is -0.0839. The maximum absolute atomic E-state index is 15.6. The van der Waals surface area contributed by atoms with Crippen molar-refractivity contribution in [2.75, 3.05) is 137 Å². The second kappa shape index (κ2) is 49.7. The van der Waals surface area contributed by atoms with Gasteiger partial charge in [0, 0.05) is 76.6 Å². The van der Waals surface area contributed by atoms with Gasteiger partial charge in [0.25, 0.3) is 22.2 Å². The van der Waals surface area contributed by atoms with Gasteiger partial charge in [-0.15, -0.1) is 0 Å². The Morgan fingerprint density at radius 2 is 0.791 bits per heavy atom. The summed E-state index contributed by atoms with van der Waals surface area (Å²) in [6.07, 6.45) is -19.8.